The smallest absolute Gasteiger partial charge is 0.213 e. The Morgan fingerprint density at radius 3 is 2.60 bits per heavy atom. The Hall–Kier alpha value is -0.900. The summed E-state index contributed by atoms with van der Waals surface area (Å²) in [5.74, 6) is 0.782. The topological polar surface area (TPSA) is 44.5 Å². The van der Waals surface area contributed by atoms with Gasteiger partial charge in [-0.3, -0.25) is 10.2 Å². The van der Waals surface area contributed by atoms with Crippen LogP contribution in [0.1, 0.15) is 19.7 Å². The van der Waals surface area contributed by atoms with E-state index >= 15 is 0 Å². The highest BCUT2D eigenvalue weighted by molar-refractivity contribution is 7.71. The van der Waals surface area contributed by atoms with E-state index in [9.17, 15) is 0 Å². The second kappa shape index (κ2) is 2.79. The van der Waals surface area contributed by atoms with E-state index in [-0.39, 0.29) is 0 Å². The molecule has 0 saturated heterocycles. The lowest BCUT2D eigenvalue weighted by Crippen LogP contribution is -1.75. The summed E-state index contributed by atoms with van der Waals surface area (Å²) < 4.78 is 0.493. The zero-order chi connectivity index (χ0) is 7.56. The van der Waals surface area contributed by atoms with E-state index in [1.807, 2.05) is 19.9 Å². The largest absolute Gasteiger partial charge is 0.282 e. The van der Waals surface area contributed by atoms with Crippen LogP contribution in [0.4, 0.5) is 0 Å². The number of hydrogen-bond acceptors (Lipinski definition) is 2. The van der Waals surface area contributed by atoms with Gasteiger partial charge in [-0.15, -0.1) is 0 Å². The summed E-state index contributed by atoms with van der Waals surface area (Å²) in [5.41, 5.74) is 1.19. The van der Waals surface area contributed by atoms with E-state index in [2.05, 4.69) is 15.2 Å². The van der Waals surface area contributed by atoms with Crippen molar-refractivity contribution < 1.29 is 0 Å². The fourth-order valence-corrected chi connectivity index (χ4v) is 0.774. The summed E-state index contributed by atoms with van der Waals surface area (Å²) in [6, 6.07) is 0. The van der Waals surface area contributed by atoms with Crippen LogP contribution in [0.25, 0.3) is 6.08 Å². The van der Waals surface area contributed by atoms with Crippen molar-refractivity contribution in [2.24, 2.45) is 0 Å². The predicted octanol–water partition coefficient (Wildman–Crippen LogP) is 1.89. The number of hydrogen-bond donors (Lipinski definition) is 2. The van der Waals surface area contributed by atoms with Crippen LogP contribution in [0.15, 0.2) is 5.57 Å². The first-order chi connectivity index (χ1) is 4.68. The molecule has 0 spiro atoms. The SMILES string of the molecule is CC(C)=Cc1nc(=S)[nH][nH]1. The number of allylic oxidation sites excluding steroid dienone is 1. The molecule has 1 heterocycles. The molecule has 0 aliphatic carbocycles. The molecule has 0 aliphatic heterocycles. The molecule has 3 nitrogen and oxygen atoms in total. The second-order valence-electron chi connectivity index (χ2n) is 2.27. The molecule has 1 aromatic rings. The number of aromatic amines is 2. The normalized spacial score (nSPS) is 9.40. The minimum atomic E-state index is 0.493. The molecule has 0 atom stereocenters. The van der Waals surface area contributed by atoms with E-state index in [4.69, 9.17) is 12.2 Å². The van der Waals surface area contributed by atoms with E-state index in [0.717, 1.165) is 5.82 Å². The first kappa shape index (κ1) is 7.21. The van der Waals surface area contributed by atoms with Crippen LogP contribution >= 0.6 is 12.2 Å². The molecule has 1 rings (SSSR count). The van der Waals surface area contributed by atoms with Crippen LogP contribution in [0.5, 0.6) is 0 Å². The molecule has 0 unspecified atom stereocenters. The predicted molar refractivity (Wildman–Crippen MR) is 43.1 cm³/mol. The van der Waals surface area contributed by atoms with Crippen LogP contribution in [-0.4, -0.2) is 15.2 Å². The van der Waals surface area contributed by atoms with Gasteiger partial charge in [0.05, 0.1) is 0 Å². The number of nitrogens with zero attached hydrogens (tertiary/aromatic N) is 1. The molecule has 10 heavy (non-hydrogen) atoms. The van der Waals surface area contributed by atoms with Crippen molar-refractivity contribution in [1.29, 1.82) is 0 Å². The van der Waals surface area contributed by atoms with Crippen molar-refractivity contribution in [1.82, 2.24) is 15.2 Å². The van der Waals surface area contributed by atoms with Crippen molar-refractivity contribution in [2.45, 2.75) is 13.8 Å². The monoisotopic (exact) mass is 155 g/mol. The first-order valence-electron chi connectivity index (χ1n) is 2.98. The number of nitrogens with one attached hydrogen (secondary N) is 2. The Morgan fingerprint density at radius 1 is 1.50 bits per heavy atom. The lowest BCUT2D eigenvalue weighted by molar-refractivity contribution is 1.07. The van der Waals surface area contributed by atoms with Crippen molar-refractivity contribution in [2.75, 3.05) is 0 Å². The fourth-order valence-electron chi connectivity index (χ4n) is 0.625. The van der Waals surface area contributed by atoms with Gasteiger partial charge in [0.2, 0.25) is 4.77 Å². The van der Waals surface area contributed by atoms with Crippen LogP contribution in [0.2, 0.25) is 0 Å². The summed E-state index contributed by atoms with van der Waals surface area (Å²) in [5, 5.41) is 5.53. The van der Waals surface area contributed by atoms with Crippen LogP contribution < -0.4 is 0 Å². The van der Waals surface area contributed by atoms with Gasteiger partial charge in [0.15, 0.2) is 0 Å². The molecule has 54 valence electrons. The van der Waals surface area contributed by atoms with Gasteiger partial charge in [-0.25, -0.2) is 4.98 Å². The number of aromatic nitrogens is 3. The van der Waals surface area contributed by atoms with Gasteiger partial charge < -0.3 is 0 Å². The van der Waals surface area contributed by atoms with Gasteiger partial charge in [-0.1, -0.05) is 5.57 Å². The van der Waals surface area contributed by atoms with Crippen molar-refractivity contribution in [3.8, 4) is 0 Å². The van der Waals surface area contributed by atoms with E-state index in [1.165, 1.54) is 5.57 Å². The van der Waals surface area contributed by atoms with E-state index in [0.29, 0.717) is 4.77 Å². The molecular formula is C6H9N3S. The highest BCUT2D eigenvalue weighted by atomic mass is 32.1. The molecule has 1 aromatic heterocycles. The average Bonchev–Trinajstić information content (AvgIpc) is 2.13. The molecule has 0 radical (unpaired) electrons. The number of H-pyrrole nitrogens is 2. The highest BCUT2D eigenvalue weighted by Crippen LogP contribution is 1.97. The molecule has 0 saturated carbocycles. The zero-order valence-electron chi connectivity index (χ0n) is 5.93. The van der Waals surface area contributed by atoms with Gasteiger partial charge in [-0.05, 0) is 32.1 Å². The fraction of sp³-hybridized carbons (Fsp3) is 0.333. The van der Waals surface area contributed by atoms with Crippen LogP contribution in [0, 0.1) is 4.77 Å². The standard InChI is InChI=1S/C6H9N3S/c1-4(2)3-5-7-6(10)9-8-5/h3H,1-2H3,(H2,7,8,9,10). The van der Waals surface area contributed by atoms with Gasteiger partial charge in [0.25, 0.3) is 0 Å². The van der Waals surface area contributed by atoms with Crippen molar-refractivity contribution in [3.05, 3.63) is 16.2 Å². The molecule has 4 heteroatoms. The minimum absolute atomic E-state index is 0.493. The summed E-state index contributed by atoms with van der Waals surface area (Å²) in [4.78, 5) is 3.98. The third-order valence-electron chi connectivity index (χ3n) is 0.945. The lowest BCUT2D eigenvalue weighted by atomic mass is 10.3. The number of rotatable bonds is 1. The maximum absolute atomic E-state index is 4.76. The maximum atomic E-state index is 4.76. The summed E-state index contributed by atoms with van der Waals surface area (Å²) in [6.07, 6.45) is 1.92. The highest BCUT2D eigenvalue weighted by Gasteiger charge is 1.88. The van der Waals surface area contributed by atoms with Gasteiger partial charge in [-0.2, -0.15) is 0 Å². The quantitative estimate of drug-likeness (QED) is 0.608. The molecule has 0 aromatic carbocycles. The summed E-state index contributed by atoms with van der Waals surface area (Å²) in [6.45, 7) is 4.01. The van der Waals surface area contributed by atoms with Crippen molar-refractivity contribution >= 4 is 18.3 Å². The second-order valence-corrected chi connectivity index (χ2v) is 2.66. The van der Waals surface area contributed by atoms with E-state index < -0.39 is 0 Å². The lowest BCUT2D eigenvalue weighted by Gasteiger charge is -1.83. The third-order valence-corrected chi connectivity index (χ3v) is 1.14. The van der Waals surface area contributed by atoms with Crippen LogP contribution in [-0.2, 0) is 0 Å². The third kappa shape index (κ3) is 1.80. The Kier molecular flexibility index (Phi) is 2.01. The minimum Gasteiger partial charge on any atom is -0.282 e. The zero-order valence-corrected chi connectivity index (χ0v) is 6.75. The Morgan fingerprint density at radius 2 is 2.20 bits per heavy atom. The average molecular weight is 155 g/mol. The molecule has 0 aliphatic rings. The molecule has 0 amide bonds. The van der Waals surface area contributed by atoms with Gasteiger partial charge in [0.1, 0.15) is 5.82 Å². The first-order valence-corrected chi connectivity index (χ1v) is 3.39. The molecular weight excluding hydrogens is 146 g/mol. The summed E-state index contributed by atoms with van der Waals surface area (Å²) in [7, 11) is 0. The van der Waals surface area contributed by atoms with Gasteiger partial charge >= 0.3 is 0 Å². The van der Waals surface area contributed by atoms with E-state index in [1.54, 1.807) is 0 Å². The van der Waals surface area contributed by atoms with Crippen molar-refractivity contribution in [3.63, 3.8) is 0 Å². The Balaban J connectivity index is 2.97. The molecule has 2 N–H and O–H groups in total. The molecule has 0 bridgehead atoms. The Bertz CT molecular complexity index is 290. The Labute approximate surface area is 64.2 Å². The van der Waals surface area contributed by atoms with Crippen LogP contribution in [0.3, 0.4) is 0 Å². The molecule has 0 fully saturated rings. The summed E-state index contributed by atoms with van der Waals surface area (Å²) >= 11 is 4.76. The van der Waals surface area contributed by atoms with Gasteiger partial charge in [0, 0.05) is 0 Å². The maximum Gasteiger partial charge on any atom is 0.213 e.